The van der Waals surface area contributed by atoms with Gasteiger partial charge in [0.05, 0.1) is 0 Å². The van der Waals surface area contributed by atoms with Crippen LogP contribution in [0.15, 0.2) is 0 Å². The first kappa shape index (κ1) is 10.0. The monoisotopic (exact) mass is 183 g/mol. The zero-order valence-electron chi connectivity index (χ0n) is 8.37. The van der Waals surface area contributed by atoms with Crippen LogP contribution in [0.1, 0.15) is 51.2 Å². The zero-order chi connectivity index (χ0) is 10.0. The Morgan fingerprint density at radius 3 is 1.54 bits per heavy atom. The van der Waals surface area contributed by atoms with E-state index in [9.17, 15) is 4.39 Å². The third kappa shape index (κ3) is 2.44. The van der Waals surface area contributed by atoms with Gasteiger partial charge in [-0.25, -0.2) is 4.98 Å². The molecule has 0 radical (unpaired) electrons. The summed E-state index contributed by atoms with van der Waals surface area (Å²) in [6, 6.07) is 0. The average Bonchev–Trinajstić information content (AvgIpc) is 2.03. The summed E-state index contributed by atoms with van der Waals surface area (Å²) in [5, 5.41) is 0. The second-order valence-electron chi connectivity index (χ2n) is 3.63. The smallest absolute Gasteiger partial charge is 0.217 e. The molecule has 0 bridgehead atoms. The first-order chi connectivity index (χ1) is 6.00. The minimum Gasteiger partial charge on any atom is -0.217 e. The Labute approximate surface area is 77.4 Å². The number of hydrogen-bond acceptors (Lipinski definition) is 3. The molecule has 0 amide bonds. The van der Waals surface area contributed by atoms with Crippen LogP contribution in [0.2, 0.25) is 0 Å². The SMILES string of the molecule is CC(C)c1nc(F)nc(C(C)C)n1. The van der Waals surface area contributed by atoms with Gasteiger partial charge in [0, 0.05) is 11.8 Å². The van der Waals surface area contributed by atoms with Crippen molar-refractivity contribution in [2.45, 2.75) is 39.5 Å². The van der Waals surface area contributed by atoms with Crippen LogP contribution in [0.25, 0.3) is 0 Å². The van der Waals surface area contributed by atoms with E-state index in [0.717, 1.165) is 0 Å². The van der Waals surface area contributed by atoms with E-state index in [4.69, 9.17) is 0 Å². The Morgan fingerprint density at radius 2 is 1.23 bits per heavy atom. The average molecular weight is 183 g/mol. The van der Waals surface area contributed by atoms with Crippen molar-refractivity contribution in [1.29, 1.82) is 0 Å². The van der Waals surface area contributed by atoms with E-state index in [1.807, 2.05) is 27.7 Å². The number of nitrogens with zero attached hydrogens (tertiary/aromatic N) is 3. The third-order valence-electron chi connectivity index (χ3n) is 1.68. The standard InChI is InChI=1S/C9H14FN3/c1-5(2)7-11-8(6(3)4)13-9(10)12-7/h5-6H,1-4H3. The highest BCUT2D eigenvalue weighted by molar-refractivity contribution is 4.98. The minimum absolute atomic E-state index is 0.134. The van der Waals surface area contributed by atoms with Crippen molar-refractivity contribution in [3.8, 4) is 0 Å². The summed E-state index contributed by atoms with van der Waals surface area (Å²) in [5.74, 6) is 1.32. The van der Waals surface area contributed by atoms with E-state index >= 15 is 0 Å². The van der Waals surface area contributed by atoms with Gasteiger partial charge in [0.1, 0.15) is 11.6 Å². The topological polar surface area (TPSA) is 38.7 Å². The van der Waals surface area contributed by atoms with E-state index in [0.29, 0.717) is 11.6 Å². The Kier molecular flexibility index (Phi) is 2.90. The van der Waals surface area contributed by atoms with Crippen molar-refractivity contribution in [2.75, 3.05) is 0 Å². The van der Waals surface area contributed by atoms with Crippen LogP contribution in [0.5, 0.6) is 0 Å². The van der Waals surface area contributed by atoms with E-state index < -0.39 is 6.08 Å². The minimum atomic E-state index is -0.678. The molecule has 0 aliphatic rings. The van der Waals surface area contributed by atoms with Gasteiger partial charge in [0.2, 0.25) is 0 Å². The van der Waals surface area contributed by atoms with Gasteiger partial charge < -0.3 is 0 Å². The molecule has 13 heavy (non-hydrogen) atoms. The second-order valence-corrected chi connectivity index (χ2v) is 3.63. The summed E-state index contributed by atoms with van der Waals surface area (Å²) < 4.78 is 12.9. The molecule has 1 rings (SSSR count). The summed E-state index contributed by atoms with van der Waals surface area (Å²) in [6.07, 6.45) is -0.678. The van der Waals surface area contributed by atoms with E-state index in [1.54, 1.807) is 0 Å². The van der Waals surface area contributed by atoms with Crippen LogP contribution in [0, 0.1) is 6.08 Å². The lowest BCUT2D eigenvalue weighted by Gasteiger charge is -2.07. The first-order valence-corrected chi connectivity index (χ1v) is 4.42. The molecule has 1 aromatic heterocycles. The fraction of sp³-hybridized carbons (Fsp3) is 0.667. The maximum Gasteiger partial charge on any atom is 0.312 e. The van der Waals surface area contributed by atoms with Crippen molar-refractivity contribution >= 4 is 0 Å². The molecule has 0 saturated heterocycles. The van der Waals surface area contributed by atoms with Crippen molar-refractivity contribution in [3.63, 3.8) is 0 Å². The number of rotatable bonds is 2. The summed E-state index contributed by atoms with van der Waals surface area (Å²) in [5.41, 5.74) is 0. The quantitative estimate of drug-likeness (QED) is 0.705. The maximum absolute atomic E-state index is 12.9. The molecule has 0 atom stereocenters. The normalized spacial score (nSPS) is 11.3. The zero-order valence-corrected chi connectivity index (χ0v) is 8.37. The molecule has 0 N–H and O–H groups in total. The lowest BCUT2D eigenvalue weighted by atomic mass is 10.2. The van der Waals surface area contributed by atoms with Crippen LogP contribution in [0.3, 0.4) is 0 Å². The molecule has 3 nitrogen and oxygen atoms in total. The number of halogens is 1. The molecule has 0 aliphatic carbocycles. The Bertz CT molecular complexity index is 271. The lowest BCUT2D eigenvalue weighted by Crippen LogP contribution is -2.08. The number of hydrogen-bond donors (Lipinski definition) is 0. The van der Waals surface area contributed by atoms with E-state index in [1.165, 1.54) is 0 Å². The summed E-state index contributed by atoms with van der Waals surface area (Å²) >= 11 is 0. The van der Waals surface area contributed by atoms with Gasteiger partial charge in [-0.1, -0.05) is 27.7 Å². The van der Waals surface area contributed by atoms with Crippen molar-refractivity contribution in [3.05, 3.63) is 17.7 Å². The summed E-state index contributed by atoms with van der Waals surface area (Å²) in [7, 11) is 0. The predicted octanol–water partition coefficient (Wildman–Crippen LogP) is 2.26. The molecule has 0 aromatic carbocycles. The molecule has 0 unspecified atom stereocenters. The molecule has 0 spiro atoms. The third-order valence-corrected chi connectivity index (χ3v) is 1.68. The predicted molar refractivity (Wildman–Crippen MR) is 48.0 cm³/mol. The van der Waals surface area contributed by atoms with Crippen molar-refractivity contribution in [1.82, 2.24) is 15.0 Å². The van der Waals surface area contributed by atoms with Gasteiger partial charge in [0.25, 0.3) is 0 Å². The van der Waals surface area contributed by atoms with Gasteiger partial charge in [-0.05, 0) is 0 Å². The van der Waals surface area contributed by atoms with Gasteiger partial charge in [-0.2, -0.15) is 14.4 Å². The molecule has 1 aromatic rings. The largest absolute Gasteiger partial charge is 0.312 e. The maximum atomic E-state index is 12.9. The fourth-order valence-corrected chi connectivity index (χ4v) is 0.898. The van der Waals surface area contributed by atoms with Crippen LogP contribution in [-0.2, 0) is 0 Å². The molecular weight excluding hydrogens is 169 g/mol. The molecule has 0 fully saturated rings. The van der Waals surface area contributed by atoms with Gasteiger partial charge in [-0.15, -0.1) is 0 Å². The molecular formula is C9H14FN3. The van der Waals surface area contributed by atoms with Gasteiger partial charge in [-0.3, -0.25) is 0 Å². The van der Waals surface area contributed by atoms with Crippen molar-refractivity contribution in [2.24, 2.45) is 0 Å². The molecule has 0 saturated carbocycles. The van der Waals surface area contributed by atoms with Crippen LogP contribution < -0.4 is 0 Å². The highest BCUT2D eigenvalue weighted by Gasteiger charge is 2.11. The first-order valence-electron chi connectivity index (χ1n) is 4.42. The molecule has 1 heterocycles. The summed E-state index contributed by atoms with van der Waals surface area (Å²) in [4.78, 5) is 11.4. The van der Waals surface area contributed by atoms with Crippen molar-refractivity contribution < 1.29 is 4.39 Å². The lowest BCUT2D eigenvalue weighted by molar-refractivity contribution is 0.500. The van der Waals surface area contributed by atoms with Gasteiger partial charge in [0.15, 0.2) is 0 Å². The van der Waals surface area contributed by atoms with E-state index in [2.05, 4.69) is 15.0 Å². The van der Waals surface area contributed by atoms with Crippen LogP contribution >= 0.6 is 0 Å². The Balaban J connectivity index is 3.11. The molecule has 4 heteroatoms. The second kappa shape index (κ2) is 3.77. The number of aromatic nitrogens is 3. The Hall–Kier alpha value is -1.06. The van der Waals surface area contributed by atoms with Crippen LogP contribution in [0.4, 0.5) is 4.39 Å². The van der Waals surface area contributed by atoms with E-state index in [-0.39, 0.29) is 11.8 Å². The highest BCUT2D eigenvalue weighted by atomic mass is 19.1. The molecule has 72 valence electrons. The Morgan fingerprint density at radius 1 is 0.846 bits per heavy atom. The summed E-state index contributed by atoms with van der Waals surface area (Å²) in [6.45, 7) is 7.72. The molecule has 0 aliphatic heterocycles. The van der Waals surface area contributed by atoms with Gasteiger partial charge >= 0.3 is 6.08 Å². The fourth-order valence-electron chi connectivity index (χ4n) is 0.898. The highest BCUT2D eigenvalue weighted by Crippen LogP contribution is 2.13. The van der Waals surface area contributed by atoms with Crippen LogP contribution in [-0.4, -0.2) is 15.0 Å².